The first kappa shape index (κ1) is 89.5. The minimum atomic E-state index is 0. The number of hydrogen-bond acceptors (Lipinski definition) is 4. The Morgan fingerprint density at radius 3 is 1.12 bits per heavy atom. The summed E-state index contributed by atoms with van der Waals surface area (Å²) in [6.45, 7) is 18.3. The van der Waals surface area contributed by atoms with E-state index in [2.05, 4.69) is 498 Å². The van der Waals surface area contributed by atoms with E-state index in [1.165, 1.54) is 111 Å². The molecule has 0 bridgehead atoms. The number of aromatic nitrogens is 4. The van der Waals surface area contributed by atoms with Crippen LogP contribution in [0.1, 0.15) is 89.5 Å². The molecule has 2 radical (unpaired) electrons. The number of fused-ring (bicyclic) bond motifs is 6. The Balaban J connectivity index is 0.000000164. The SMILES string of the molecule is CC(C)Cc1cccc(CC(C)C)c1-c1cnc2c3[c-]cccc3c3ccccc3n12.CC(C)c1cc(-c2ccccc2)cc(C(C)C)c1-n1ccnc1-c1[c-]cccc1.[Ir].[Ir].c1ccc(-c2ccc(N(c3ccc(-c4ccccc4)cc3)c3ccc(-c4ccc(N(c5ccc(-c6ccccc6)cc5)c5ccc(-c6ccccc6)cc5-c5ccccc5)cc4)cc3)cc2)cc1. The average Bonchev–Trinajstić information content (AvgIpc) is 1.53. The van der Waals surface area contributed by atoms with Crippen molar-refractivity contribution in [3.8, 4) is 106 Å². The summed E-state index contributed by atoms with van der Waals surface area (Å²) in [5.74, 6) is 2.90. The van der Waals surface area contributed by atoms with Crippen LogP contribution in [-0.2, 0) is 53.1 Å². The number of para-hydroxylation sites is 1. The molecule has 0 amide bonds. The molecule has 0 N–H and O–H groups in total. The van der Waals surface area contributed by atoms with E-state index >= 15 is 0 Å². The van der Waals surface area contributed by atoms with Gasteiger partial charge < -0.3 is 18.8 Å². The Kier molecular flexibility index (Phi) is 28.5. The predicted molar refractivity (Wildman–Crippen MR) is 541 cm³/mol. The number of anilines is 6. The molecule has 0 atom stereocenters. The van der Waals surface area contributed by atoms with Crippen molar-refractivity contribution in [1.82, 2.24) is 18.9 Å². The number of hydrogen-bond donors (Lipinski definition) is 0. The second-order valence-corrected chi connectivity index (χ2v) is 34.5. The molecule has 0 aliphatic carbocycles. The fourth-order valence-electron chi connectivity index (χ4n) is 17.9. The second kappa shape index (κ2) is 41.4. The van der Waals surface area contributed by atoms with E-state index in [0.29, 0.717) is 23.7 Å². The van der Waals surface area contributed by atoms with Crippen LogP contribution in [0, 0.1) is 24.0 Å². The molecule has 130 heavy (non-hydrogen) atoms. The van der Waals surface area contributed by atoms with E-state index < -0.39 is 0 Å². The molecule has 0 saturated heterocycles. The van der Waals surface area contributed by atoms with Gasteiger partial charge in [0.15, 0.2) is 0 Å². The van der Waals surface area contributed by atoms with Crippen LogP contribution < -0.4 is 9.80 Å². The Morgan fingerprint density at radius 1 is 0.315 bits per heavy atom. The third-order valence-electron chi connectivity index (χ3n) is 24.1. The number of rotatable bonds is 22. The topological polar surface area (TPSA) is 41.6 Å². The third-order valence-corrected chi connectivity index (χ3v) is 24.1. The second-order valence-electron chi connectivity index (χ2n) is 34.5. The summed E-state index contributed by atoms with van der Waals surface area (Å²) in [4.78, 5) is 14.4. The van der Waals surface area contributed by atoms with Gasteiger partial charge in [-0.2, -0.15) is 0 Å². The van der Waals surface area contributed by atoms with E-state index in [9.17, 15) is 0 Å². The summed E-state index contributed by atoms with van der Waals surface area (Å²) in [6.07, 6.45) is 8.16. The quantitative estimate of drug-likeness (QED) is 0.0501. The van der Waals surface area contributed by atoms with Gasteiger partial charge in [0.25, 0.3) is 0 Å². The van der Waals surface area contributed by atoms with Crippen molar-refractivity contribution >= 4 is 61.4 Å². The van der Waals surface area contributed by atoms with Crippen molar-refractivity contribution in [3.63, 3.8) is 0 Å². The molecule has 0 unspecified atom stereocenters. The minimum Gasteiger partial charge on any atom is -0.340 e. The fraction of sp³-hybridized carbons (Fsp3) is 0.115. The van der Waals surface area contributed by atoms with Crippen molar-refractivity contribution in [2.75, 3.05) is 9.80 Å². The van der Waals surface area contributed by atoms with Crippen LogP contribution in [0.5, 0.6) is 0 Å². The molecule has 20 rings (SSSR count). The monoisotopic (exact) mass is 2040 g/mol. The normalized spacial score (nSPS) is 11.1. The molecule has 0 aliphatic rings. The molecule has 3 aromatic heterocycles. The van der Waals surface area contributed by atoms with E-state index in [0.717, 1.165) is 91.6 Å². The zero-order chi connectivity index (χ0) is 87.4. The van der Waals surface area contributed by atoms with Gasteiger partial charge in [-0.25, -0.2) is 0 Å². The van der Waals surface area contributed by atoms with Crippen molar-refractivity contribution < 1.29 is 40.2 Å². The summed E-state index contributed by atoms with van der Waals surface area (Å²) >= 11 is 0. The minimum absolute atomic E-state index is 0. The summed E-state index contributed by atoms with van der Waals surface area (Å²) in [7, 11) is 0. The Labute approximate surface area is 793 Å². The number of benzene rings is 17. The van der Waals surface area contributed by atoms with Gasteiger partial charge >= 0.3 is 0 Å². The third kappa shape index (κ3) is 19.7. The van der Waals surface area contributed by atoms with Crippen LogP contribution in [0.25, 0.3) is 134 Å². The number of imidazole rings is 2. The maximum absolute atomic E-state index is 4.95. The largest absolute Gasteiger partial charge is 0.340 e. The molecule has 0 aliphatic heterocycles. The van der Waals surface area contributed by atoms with Crippen LogP contribution in [0.15, 0.2) is 437 Å². The Hall–Kier alpha value is -13.9. The number of pyridine rings is 1. The van der Waals surface area contributed by atoms with Gasteiger partial charge in [0, 0.05) is 110 Å². The zero-order valence-electron chi connectivity index (χ0n) is 74.6. The molecule has 3 heterocycles. The van der Waals surface area contributed by atoms with E-state index in [4.69, 9.17) is 4.98 Å². The maximum Gasteiger partial charge on any atom is 0.0639 e. The molecule has 20 aromatic rings. The van der Waals surface area contributed by atoms with Crippen LogP contribution in [-0.4, -0.2) is 18.9 Å². The Morgan fingerprint density at radius 2 is 0.692 bits per heavy atom. The zero-order valence-corrected chi connectivity index (χ0v) is 79.4. The molecule has 0 spiro atoms. The molecular weight excluding hydrogens is 1930 g/mol. The van der Waals surface area contributed by atoms with Crippen LogP contribution in [0.3, 0.4) is 0 Å². The van der Waals surface area contributed by atoms with Crippen LogP contribution in [0.4, 0.5) is 34.1 Å². The summed E-state index contributed by atoms with van der Waals surface area (Å²) in [5, 5.41) is 3.53. The van der Waals surface area contributed by atoms with Crippen molar-refractivity contribution in [2.45, 2.75) is 80.1 Å². The molecule has 6 nitrogen and oxygen atoms in total. The standard InChI is InChI=1S/C66H48N2.C29H29N2.C27H27N2.2Ir/c1-6-16-49(17-7-1)53-26-37-60(38-27-53)67(61-39-28-54(29-40-61)50-18-8-2-9-19-50)62-41-30-56(31-42-62)57-34-45-64(46-35-57)68(63-43-32-55(33-44-63)51-20-10-3-11-21-51)66-47-36-59(52-22-12-4-13-23-52)48-65(66)58-24-14-5-15-25-58;1-19(2)16-21-10-9-11-22(17-20(3)4)28(21)27-18-30-29-25-14-6-5-12-23(25)24-13-7-8-15-26(24)31(27)29;1-19(2)24-17-23(21-11-7-5-8-12-21)18-25(20(3)4)26(24)29-16-15-28-27(29)22-13-9-6-10-14-22;;/h1-48H;5-13,15,18-20H,16-17H2,1-4H3;5-13,15-20H,1-4H3;;/q;2*-1;;. The first-order valence-electron chi connectivity index (χ1n) is 44.9. The van der Waals surface area contributed by atoms with Gasteiger partial charge in [-0.15, -0.1) is 65.5 Å². The van der Waals surface area contributed by atoms with Crippen molar-refractivity contribution in [1.29, 1.82) is 0 Å². The van der Waals surface area contributed by atoms with Crippen molar-refractivity contribution in [3.05, 3.63) is 472 Å². The fourth-order valence-corrected chi connectivity index (χ4v) is 17.9. The van der Waals surface area contributed by atoms with E-state index in [1.54, 1.807) is 0 Å². The molecule has 0 fully saturated rings. The molecule has 8 heteroatoms. The summed E-state index contributed by atoms with van der Waals surface area (Å²) in [6, 6.07) is 156. The maximum atomic E-state index is 4.95. The van der Waals surface area contributed by atoms with Gasteiger partial charge in [-0.3, -0.25) is 9.97 Å². The van der Waals surface area contributed by atoms with Gasteiger partial charge in [-0.1, -0.05) is 346 Å². The van der Waals surface area contributed by atoms with E-state index in [1.807, 2.05) is 30.5 Å². The van der Waals surface area contributed by atoms with Crippen molar-refractivity contribution in [2.24, 2.45) is 11.8 Å². The van der Waals surface area contributed by atoms with Gasteiger partial charge in [0.1, 0.15) is 0 Å². The molecule has 0 saturated carbocycles. The first-order valence-corrected chi connectivity index (χ1v) is 44.9. The van der Waals surface area contributed by atoms with E-state index in [-0.39, 0.29) is 40.2 Å². The molecule has 17 aromatic carbocycles. The number of nitrogens with zero attached hydrogens (tertiary/aromatic N) is 6. The Bertz CT molecular complexity index is 6960. The molecule has 642 valence electrons. The predicted octanol–water partition coefficient (Wildman–Crippen LogP) is 33.4. The summed E-state index contributed by atoms with van der Waals surface area (Å²) in [5.41, 5.74) is 35.7. The van der Waals surface area contributed by atoms with Gasteiger partial charge in [0.05, 0.1) is 22.9 Å². The molecular formula is C122H104Ir2N6-2. The average molecular weight is 2040 g/mol. The smallest absolute Gasteiger partial charge is 0.0639 e. The summed E-state index contributed by atoms with van der Waals surface area (Å²) < 4.78 is 4.60. The van der Waals surface area contributed by atoms with Crippen LogP contribution in [0.2, 0.25) is 0 Å². The van der Waals surface area contributed by atoms with Gasteiger partial charge in [0.2, 0.25) is 0 Å². The van der Waals surface area contributed by atoms with Crippen LogP contribution >= 0.6 is 0 Å². The first-order chi connectivity index (χ1) is 62.8. The van der Waals surface area contributed by atoms with Gasteiger partial charge in [-0.05, 0) is 227 Å².